The van der Waals surface area contributed by atoms with E-state index in [1.165, 1.54) is 6.92 Å². The zero-order valence-electron chi connectivity index (χ0n) is 24.0. The van der Waals surface area contributed by atoms with Crippen LogP contribution in [0.15, 0.2) is 54.6 Å². The molecule has 4 amide bonds. The SMILES string of the molecule is CC(NC(=O)C(NC(=O)c1ccccc1)C(C)(C)C)C(=O)NC(C(=O)C(=O)NC1CCc2ccccc21)C(C)C. The molecule has 40 heavy (non-hydrogen) atoms. The number of rotatable bonds is 10. The van der Waals surface area contributed by atoms with Crippen LogP contribution in [0.1, 0.15) is 75.5 Å². The van der Waals surface area contributed by atoms with Crippen LogP contribution in [-0.2, 0) is 25.6 Å². The molecule has 0 fully saturated rings. The second-order valence-electron chi connectivity index (χ2n) is 11.7. The molecule has 4 unspecified atom stereocenters. The van der Waals surface area contributed by atoms with Gasteiger partial charge in [0.25, 0.3) is 11.8 Å². The lowest BCUT2D eigenvalue weighted by atomic mass is 9.85. The number of carbonyl (C=O) groups excluding carboxylic acids is 5. The summed E-state index contributed by atoms with van der Waals surface area (Å²) in [5, 5.41) is 10.9. The number of hydrogen-bond acceptors (Lipinski definition) is 5. The number of Topliss-reactive ketones (excluding diaryl/α,β-unsaturated/α-hetero) is 1. The minimum absolute atomic E-state index is 0.255. The van der Waals surface area contributed by atoms with Gasteiger partial charge in [0.05, 0.1) is 12.1 Å². The summed E-state index contributed by atoms with van der Waals surface area (Å²) in [6.45, 7) is 10.4. The predicted octanol–water partition coefficient (Wildman–Crippen LogP) is 2.85. The van der Waals surface area contributed by atoms with E-state index in [4.69, 9.17) is 0 Å². The van der Waals surface area contributed by atoms with Gasteiger partial charge in [-0.1, -0.05) is 77.1 Å². The number of benzene rings is 2. The van der Waals surface area contributed by atoms with E-state index in [9.17, 15) is 24.0 Å². The molecular weight excluding hydrogens is 508 g/mol. The molecule has 214 valence electrons. The Morgan fingerprint density at radius 3 is 2.05 bits per heavy atom. The minimum atomic E-state index is -1.07. The van der Waals surface area contributed by atoms with Crippen LogP contribution in [-0.4, -0.2) is 47.5 Å². The third-order valence-corrected chi connectivity index (χ3v) is 7.10. The Hall–Kier alpha value is -4.01. The summed E-state index contributed by atoms with van der Waals surface area (Å²) < 4.78 is 0. The minimum Gasteiger partial charge on any atom is -0.344 e. The Bertz CT molecular complexity index is 1250. The summed E-state index contributed by atoms with van der Waals surface area (Å²) in [4.78, 5) is 64.9. The van der Waals surface area contributed by atoms with Crippen LogP contribution in [0.3, 0.4) is 0 Å². The van der Waals surface area contributed by atoms with E-state index in [2.05, 4.69) is 21.3 Å². The normalized spacial score (nSPS) is 16.7. The van der Waals surface area contributed by atoms with Crippen LogP contribution in [0.5, 0.6) is 0 Å². The van der Waals surface area contributed by atoms with Gasteiger partial charge in [-0.25, -0.2) is 0 Å². The average Bonchev–Trinajstić information content (AvgIpc) is 3.31. The summed E-state index contributed by atoms with van der Waals surface area (Å²) >= 11 is 0. The monoisotopic (exact) mass is 548 g/mol. The zero-order valence-corrected chi connectivity index (χ0v) is 24.0. The molecule has 0 bridgehead atoms. The van der Waals surface area contributed by atoms with Gasteiger partial charge in [-0.2, -0.15) is 0 Å². The largest absolute Gasteiger partial charge is 0.344 e. The van der Waals surface area contributed by atoms with Gasteiger partial charge in [-0.3, -0.25) is 24.0 Å². The lowest BCUT2D eigenvalue weighted by Crippen LogP contribution is -2.59. The van der Waals surface area contributed by atoms with Crippen LogP contribution in [0.4, 0.5) is 0 Å². The molecule has 0 aliphatic heterocycles. The van der Waals surface area contributed by atoms with Crippen LogP contribution >= 0.6 is 0 Å². The van der Waals surface area contributed by atoms with E-state index >= 15 is 0 Å². The van der Waals surface area contributed by atoms with Crippen LogP contribution in [0, 0.1) is 11.3 Å². The molecule has 0 spiro atoms. The second kappa shape index (κ2) is 12.9. The summed E-state index contributed by atoms with van der Waals surface area (Å²) in [5.74, 6) is -3.42. The molecule has 0 radical (unpaired) electrons. The Morgan fingerprint density at radius 1 is 0.800 bits per heavy atom. The van der Waals surface area contributed by atoms with E-state index in [0.29, 0.717) is 12.0 Å². The molecule has 4 N–H and O–H groups in total. The fraction of sp³-hybridized carbons (Fsp3) is 0.452. The maximum absolute atomic E-state index is 13.2. The number of ketones is 1. The van der Waals surface area contributed by atoms with E-state index in [0.717, 1.165) is 17.5 Å². The second-order valence-corrected chi connectivity index (χ2v) is 11.7. The Kier molecular flexibility index (Phi) is 9.84. The highest BCUT2D eigenvalue weighted by atomic mass is 16.2. The summed E-state index contributed by atoms with van der Waals surface area (Å²) in [6.07, 6.45) is 1.52. The fourth-order valence-electron chi connectivity index (χ4n) is 4.73. The fourth-order valence-corrected chi connectivity index (χ4v) is 4.73. The molecular formula is C31H40N4O5. The van der Waals surface area contributed by atoms with Crippen molar-refractivity contribution in [2.75, 3.05) is 0 Å². The van der Waals surface area contributed by atoms with Crippen molar-refractivity contribution >= 4 is 29.4 Å². The first-order valence-corrected chi connectivity index (χ1v) is 13.7. The number of fused-ring (bicyclic) bond motifs is 1. The van der Waals surface area contributed by atoms with E-state index < -0.39 is 53.0 Å². The quantitative estimate of drug-likeness (QED) is 0.339. The molecule has 1 aliphatic rings. The van der Waals surface area contributed by atoms with Crippen molar-refractivity contribution in [3.8, 4) is 0 Å². The molecule has 9 nitrogen and oxygen atoms in total. The van der Waals surface area contributed by atoms with Crippen molar-refractivity contribution in [1.82, 2.24) is 21.3 Å². The van der Waals surface area contributed by atoms with Crippen molar-refractivity contribution < 1.29 is 24.0 Å². The number of carbonyl (C=O) groups is 5. The molecule has 0 saturated carbocycles. The van der Waals surface area contributed by atoms with Gasteiger partial charge < -0.3 is 21.3 Å². The highest BCUT2D eigenvalue weighted by molar-refractivity contribution is 6.38. The van der Waals surface area contributed by atoms with Crippen molar-refractivity contribution in [3.63, 3.8) is 0 Å². The van der Waals surface area contributed by atoms with Crippen LogP contribution < -0.4 is 21.3 Å². The van der Waals surface area contributed by atoms with Crippen molar-refractivity contribution in [3.05, 3.63) is 71.3 Å². The topological polar surface area (TPSA) is 133 Å². The number of hydrogen-bond donors (Lipinski definition) is 4. The van der Waals surface area contributed by atoms with Crippen LogP contribution in [0.2, 0.25) is 0 Å². The standard InChI is InChI=1S/C31H40N4O5/c1-18(2)24(25(36)29(39)33-23-17-16-20-12-10-11-15-22(20)23)34-27(37)19(3)32-30(40)26(31(4,5)6)35-28(38)21-13-8-7-9-14-21/h7-15,18-19,23-24,26H,16-17H2,1-6H3,(H,32,40)(H,33,39)(H,34,37)(H,35,38). The molecule has 2 aromatic carbocycles. The van der Waals surface area contributed by atoms with E-state index in [1.54, 1.807) is 44.2 Å². The molecule has 9 heteroatoms. The van der Waals surface area contributed by atoms with Gasteiger partial charge >= 0.3 is 0 Å². The predicted molar refractivity (Wildman–Crippen MR) is 152 cm³/mol. The molecule has 2 aromatic rings. The average molecular weight is 549 g/mol. The highest BCUT2D eigenvalue weighted by Gasteiger charge is 2.36. The maximum atomic E-state index is 13.2. The Labute approximate surface area is 235 Å². The third kappa shape index (κ3) is 7.55. The first kappa shape index (κ1) is 30.5. The molecule has 4 atom stereocenters. The number of amides is 4. The molecule has 0 aromatic heterocycles. The summed E-state index contributed by atoms with van der Waals surface area (Å²) in [5.41, 5.74) is 1.90. The number of aryl methyl sites for hydroxylation is 1. The Morgan fingerprint density at radius 2 is 1.43 bits per heavy atom. The van der Waals surface area contributed by atoms with Gasteiger partial charge in [0, 0.05) is 5.56 Å². The smallest absolute Gasteiger partial charge is 0.290 e. The van der Waals surface area contributed by atoms with Crippen LogP contribution in [0.25, 0.3) is 0 Å². The maximum Gasteiger partial charge on any atom is 0.290 e. The van der Waals surface area contributed by atoms with Gasteiger partial charge in [0.15, 0.2) is 0 Å². The highest BCUT2D eigenvalue weighted by Crippen LogP contribution is 2.30. The third-order valence-electron chi connectivity index (χ3n) is 7.10. The van der Waals surface area contributed by atoms with Crippen molar-refractivity contribution in [1.29, 1.82) is 0 Å². The lowest BCUT2D eigenvalue weighted by molar-refractivity contribution is -0.141. The summed E-state index contributed by atoms with van der Waals surface area (Å²) in [6, 6.07) is 13.1. The summed E-state index contributed by atoms with van der Waals surface area (Å²) in [7, 11) is 0. The molecule has 0 saturated heterocycles. The van der Waals surface area contributed by atoms with Gasteiger partial charge in [0.2, 0.25) is 17.6 Å². The van der Waals surface area contributed by atoms with Crippen molar-refractivity contribution in [2.45, 2.75) is 78.6 Å². The van der Waals surface area contributed by atoms with E-state index in [1.807, 2.05) is 45.0 Å². The van der Waals surface area contributed by atoms with E-state index in [-0.39, 0.29) is 12.0 Å². The van der Waals surface area contributed by atoms with Gasteiger partial charge in [-0.15, -0.1) is 0 Å². The number of nitrogens with one attached hydrogen (secondary N) is 4. The zero-order chi connectivity index (χ0) is 29.6. The van der Waals surface area contributed by atoms with Crippen molar-refractivity contribution in [2.24, 2.45) is 11.3 Å². The lowest BCUT2D eigenvalue weighted by Gasteiger charge is -2.31. The van der Waals surface area contributed by atoms with Gasteiger partial charge in [0.1, 0.15) is 12.1 Å². The first-order chi connectivity index (χ1) is 18.8. The molecule has 0 heterocycles. The first-order valence-electron chi connectivity index (χ1n) is 13.7. The molecule has 3 rings (SSSR count). The Balaban J connectivity index is 1.62. The molecule has 1 aliphatic carbocycles. The van der Waals surface area contributed by atoms with Gasteiger partial charge in [-0.05, 0) is 54.4 Å².